The van der Waals surface area contributed by atoms with Gasteiger partial charge in [-0.25, -0.2) is 4.98 Å². The highest BCUT2D eigenvalue weighted by Gasteiger charge is 2.13. The lowest BCUT2D eigenvalue weighted by Crippen LogP contribution is -2.05. The molecule has 0 saturated heterocycles. The van der Waals surface area contributed by atoms with E-state index < -0.39 is 6.61 Å². The Morgan fingerprint density at radius 2 is 1.67 bits per heavy atom. The molecule has 6 heteroatoms. The molecular formula is C15H9ClF2N2O. The van der Waals surface area contributed by atoms with Gasteiger partial charge in [-0.05, 0) is 36.4 Å². The number of ether oxygens (including phenoxy) is 1. The van der Waals surface area contributed by atoms with Crippen molar-refractivity contribution in [1.29, 1.82) is 0 Å². The molecule has 0 unspecified atom stereocenters. The molecular weight excluding hydrogens is 298 g/mol. The van der Waals surface area contributed by atoms with E-state index in [0.717, 1.165) is 0 Å². The highest BCUT2D eigenvalue weighted by atomic mass is 35.5. The predicted molar refractivity (Wildman–Crippen MR) is 76.6 cm³/mol. The van der Waals surface area contributed by atoms with Crippen molar-refractivity contribution in [2.45, 2.75) is 6.61 Å². The molecule has 3 nitrogen and oxygen atoms in total. The van der Waals surface area contributed by atoms with E-state index >= 15 is 0 Å². The molecule has 0 N–H and O–H groups in total. The molecule has 0 spiro atoms. The molecule has 106 valence electrons. The van der Waals surface area contributed by atoms with Gasteiger partial charge in [-0.1, -0.05) is 23.7 Å². The number of aromatic nitrogens is 2. The van der Waals surface area contributed by atoms with E-state index in [1.54, 1.807) is 48.5 Å². The van der Waals surface area contributed by atoms with Crippen LogP contribution in [0, 0.1) is 0 Å². The Balaban J connectivity index is 2.17. The van der Waals surface area contributed by atoms with Crippen molar-refractivity contribution in [1.82, 2.24) is 9.97 Å². The molecule has 0 aliphatic rings. The van der Waals surface area contributed by atoms with Gasteiger partial charge in [-0.15, -0.1) is 0 Å². The normalized spacial score (nSPS) is 11.0. The number of halogens is 3. The van der Waals surface area contributed by atoms with E-state index in [4.69, 9.17) is 11.6 Å². The third-order valence-electron chi connectivity index (χ3n) is 2.87. The minimum absolute atomic E-state index is 0.138. The number of fused-ring (bicyclic) bond motifs is 1. The van der Waals surface area contributed by atoms with Crippen molar-refractivity contribution in [3.8, 4) is 17.3 Å². The van der Waals surface area contributed by atoms with Gasteiger partial charge in [0.1, 0.15) is 0 Å². The summed E-state index contributed by atoms with van der Waals surface area (Å²) in [4.78, 5) is 8.45. The minimum Gasteiger partial charge on any atom is -0.416 e. The van der Waals surface area contributed by atoms with Crippen molar-refractivity contribution < 1.29 is 13.5 Å². The second kappa shape index (κ2) is 5.61. The summed E-state index contributed by atoms with van der Waals surface area (Å²) in [7, 11) is 0. The first kappa shape index (κ1) is 13.7. The number of hydrogen-bond acceptors (Lipinski definition) is 3. The summed E-state index contributed by atoms with van der Waals surface area (Å²) in [6.07, 6.45) is 0. The Morgan fingerprint density at radius 1 is 0.952 bits per heavy atom. The van der Waals surface area contributed by atoms with E-state index in [0.29, 0.717) is 27.3 Å². The van der Waals surface area contributed by atoms with E-state index in [9.17, 15) is 8.78 Å². The van der Waals surface area contributed by atoms with E-state index in [2.05, 4.69) is 14.7 Å². The zero-order valence-corrected chi connectivity index (χ0v) is 11.4. The molecule has 1 aromatic heterocycles. The van der Waals surface area contributed by atoms with Crippen LogP contribution in [-0.2, 0) is 0 Å². The zero-order chi connectivity index (χ0) is 14.8. The van der Waals surface area contributed by atoms with Crippen LogP contribution in [0.2, 0.25) is 5.02 Å². The third-order valence-corrected chi connectivity index (χ3v) is 3.12. The summed E-state index contributed by atoms with van der Waals surface area (Å²) in [5.41, 5.74) is 1.21. The molecule has 0 aliphatic carbocycles. The largest absolute Gasteiger partial charge is 0.416 e. The lowest BCUT2D eigenvalue weighted by molar-refractivity contribution is -0.0516. The SMILES string of the molecule is FC(F)Oc1nc(-c2ccc(Cl)cc2)nc2ccccc12. The summed E-state index contributed by atoms with van der Waals surface area (Å²) < 4.78 is 29.6. The van der Waals surface area contributed by atoms with Crippen LogP contribution in [0.1, 0.15) is 0 Å². The molecule has 0 fully saturated rings. The van der Waals surface area contributed by atoms with Crippen LogP contribution < -0.4 is 4.74 Å². The van der Waals surface area contributed by atoms with Crippen LogP contribution in [-0.4, -0.2) is 16.6 Å². The first-order valence-electron chi connectivity index (χ1n) is 6.11. The molecule has 0 amide bonds. The summed E-state index contributed by atoms with van der Waals surface area (Å²) in [6, 6.07) is 13.6. The van der Waals surface area contributed by atoms with Gasteiger partial charge in [0.2, 0.25) is 5.88 Å². The topological polar surface area (TPSA) is 35.0 Å². The van der Waals surface area contributed by atoms with Crippen LogP contribution in [0.5, 0.6) is 5.88 Å². The number of hydrogen-bond donors (Lipinski definition) is 0. The average molecular weight is 307 g/mol. The molecule has 0 radical (unpaired) electrons. The van der Waals surface area contributed by atoms with Crippen molar-refractivity contribution in [3.63, 3.8) is 0 Å². The van der Waals surface area contributed by atoms with E-state index in [1.807, 2.05) is 0 Å². The fourth-order valence-electron chi connectivity index (χ4n) is 1.95. The van der Waals surface area contributed by atoms with Crippen molar-refractivity contribution >= 4 is 22.5 Å². The standard InChI is InChI=1S/C15H9ClF2N2O/c16-10-7-5-9(6-8-10)13-19-12-4-2-1-3-11(12)14(20-13)21-15(17)18/h1-8,15H. The first-order chi connectivity index (χ1) is 10.1. The maximum Gasteiger partial charge on any atom is 0.388 e. The maximum absolute atomic E-state index is 12.5. The van der Waals surface area contributed by atoms with Gasteiger partial charge in [-0.3, -0.25) is 0 Å². The van der Waals surface area contributed by atoms with Crippen LogP contribution >= 0.6 is 11.6 Å². The van der Waals surface area contributed by atoms with E-state index in [-0.39, 0.29) is 5.88 Å². The van der Waals surface area contributed by atoms with Gasteiger partial charge in [0.25, 0.3) is 0 Å². The lowest BCUT2D eigenvalue weighted by atomic mass is 10.2. The summed E-state index contributed by atoms with van der Waals surface area (Å²) in [5, 5.41) is 1.01. The predicted octanol–water partition coefficient (Wildman–Crippen LogP) is 4.55. The van der Waals surface area contributed by atoms with Crippen LogP contribution in [0.25, 0.3) is 22.3 Å². The van der Waals surface area contributed by atoms with Gasteiger partial charge in [0, 0.05) is 10.6 Å². The summed E-state index contributed by atoms with van der Waals surface area (Å²) in [5.74, 6) is 0.168. The molecule has 3 rings (SSSR count). The van der Waals surface area contributed by atoms with Crippen LogP contribution in [0.3, 0.4) is 0 Å². The number of nitrogens with zero attached hydrogens (tertiary/aromatic N) is 2. The quantitative estimate of drug-likeness (QED) is 0.712. The van der Waals surface area contributed by atoms with Gasteiger partial charge in [0.15, 0.2) is 5.82 Å². The fraction of sp³-hybridized carbons (Fsp3) is 0.0667. The van der Waals surface area contributed by atoms with Crippen molar-refractivity contribution in [2.24, 2.45) is 0 Å². The van der Waals surface area contributed by atoms with Crippen molar-refractivity contribution in [3.05, 3.63) is 53.6 Å². The summed E-state index contributed by atoms with van der Waals surface area (Å²) in [6.45, 7) is -2.94. The maximum atomic E-state index is 12.5. The van der Waals surface area contributed by atoms with Gasteiger partial charge >= 0.3 is 6.61 Å². The molecule has 0 aliphatic heterocycles. The van der Waals surface area contributed by atoms with Crippen molar-refractivity contribution in [2.75, 3.05) is 0 Å². The van der Waals surface area contributed by atoms with Crippen LogP contribution in [0.15, 0.2) is 48.5 Å². The molecule has 0 atom stereocenters. The minimum atomic E-state index is -2.94. The average Bonchev–Trinajstić information content (AvgIpc) is 2.47. The number of alkyl halides is 2. The zero-order valence-electron chi connectivity index (χ0n) is 10.6. The lowest BCUT2D eigenvalue weighted by Gasteiger charge is -2.09. The second-order valence-electron chi connectivity index (χ2n) is 4.25. The molecule has 3 aromatic rings. The Morgan fingerprint density at radius 3 is 2.38 bits per heavy atom. The third kappa shape index (κ3) is 2.92. The Bertz CT molecular complexity index is 778. The molecule has 0 saturated carbocycles. The highest BCUT2D eigenvalue weighted by Crippen LogP contribution is 2.28. The number of rotatable bonds is 3. The molecule has 1 heterocycles. The van der Waals surface area contributed by atoms with Gasteiger partial charge < -0.3 is 4.74 Å². The highest BCUT2D eigenvalue weighted by molar-refractivity contribution is 6.30. The number of para-hydroxylation sites is 1. The Kier molecular flexibility index (Phi) is 3.66. The Hall–Kier alpha value is -2.27. The fourth-order valence-corrected chi connectivity index (χ4v) is 2.08. The number of benzene rings is 2. The van der Waals surface area contributed by atoms with Gasteiger partial charge in [-0.2, -0.15) is 13.8 Å². The molecule has 0 bridgehead atoms. The monoisotopic (exact) mass is 306 g/mol. The molecule has 2 aromatic carbocycles. The van der Waals surface area contributed by atoms with Crippen LogP contribution in [0.4, 0.5) is 8.78 Å². The first-order valence-corrected chi connectivity index (χ1v) is 6.49. The Labute approximate surface area is 124 Å². The second-order valence-corrected chi connectivity index (χ2v) is 4.69. The molecule has 21 heavy (non-hydrogen) atoms. The van der Waals surface area contributed by atoms with E-state index in [1.165, 1.54) is 0 Å². The summed E-state index contributed by atoms with van der Waals surface area (Å²) >= 11 is 5.83. The van der Waals surface area contributed by atoms with Gasteiger partial charge in [0.05, 0.1) is 10.9 Å². The smallest absolute Gasteiger partial charge is 0.388 e.